The van der Waals surface area contributed by atoms with Crippen molar-refractivity contribution in [3.63, 3.8) is 0 Å². The minimum absolute atomic E-state index is 0.0910. The molecule has 1 N–H and O–H groups in total. The number of aryl methyl sites for hydroxylation is 1. The predicted molar refractivity (Wildman–Crippen MR) is 92.6 cm³/mol. The number of hydrogen-bond donors (Lipinski definition) is 1. The molecule has 1 aliphatic heterocycles. The number of fused-ring (bicyclic) bond motifs is 1. The first kappa shape index (κ1) is 15.9. The van der Waals surface area contributed by atoms with Gasteiger partial charge in [0.1, 0.15) is 11.4 Å². The lowest BCUT2D eigenvalue weighted by atomic mass is 9.76. The zero-order valence-electron chi connectivity index (χ0n) is 14.5. The largest absolute Gasteiger partial charge is 0.487 e. The SMILES string of the molecule is CCCCNC1CC2(CCCCC2)Oc2c1ccc(C)c2C. The van der Waals surface area contributed by atoms with E-state index in [9.17, 15) is 0 Å². The van der Waals surface area contributed by atoms with Crippen LogP contribution in [0.5, 0.6) is 5.75 Å². The third-order valence-corrected chi connectivity index (χ3v) is 5.66. The maximum absolute atomic E-state index is 6.67. The number of benzene rings is 1. The number of rotatable bonds is 4. The average molecular weight is 301 g/mol. The molecule has 2 nitrogen and oxygen atoms in total. The number of unbranched alkanes of at least 4 members (excludes halogenated alkanes) is 1. The number of ether oxygens (including phenoxy) is 1. The minimum atomic E-state index is 0.0910. The molecule has 1 aromatic rings. The molecule has 0 amide bonds. The van der Waals surface area contributed by atoms with Crippen molar-refractivity contribution in [2.24, 2.45) is 0 Å². The molecule has 0 radical (unpaired) electrons. The van der Waals surface area contributed by atoms with Gasteiger partial charge in [-0.05, 0) is 63.6 Å². The molecule has 1 aliphatic carbocycles. The van der Waals surface area contributed by atoms with E-state index < -0.39 is 0 Å². The fourth-order valence-electron chi connectivity index (χ4n) is 4.10. The van der Waals surface area contributed by atoms with Gasteiger partial charge in [-0.3, -0.25) is 0 Å². The van der Waals surface area contributed by atoms with Gasteiger partial charge in [0.15, 0.2) is 0 Å². The Labute approximate surface area is 135 Å². The Morgan fingerprint density at radius 2 is 1.95 bits per heavy atom. The van der Waals surface area contributed by atoms with Crippen molar-refractivity contribution in [1.82, 2.24) is 5.32 Å². The monoisotopic (exact) mass is 301 g/mol. The molecule has 1 unspecified atom stereocenters. The summed E-state index contributed by atoms with van der Waals surface area (Å²) in [5, 5.41) is 3.82. The molecule has 0 bridgehead atoms. The van der Waals surface area contributed by atoms with Crippen molar-refractivity contribution in [1.29, 1.82) is 0 Å². The summed E-state index contributed by atoms with van der Waals surface area (Å²) in [6.07, 6.45) is 10.1. The first-order valence-electron chi connectivity index (χ1n) is 9.18. The molecule has 2 heteroatoms. The Bertz CT molecular complexity index is 517. The molecule has 0 saturated heterocycles. The van der Waals surface area contributed by atoms with Crippen LogP contribution >= 0.6 is 0 Å². The summed E-state index contributed by atoms with van der Waals surface area (Å²) in [5.74, 6) is 1.18. The molecular weight excluding hydrogens is 270 g/mol. The highest BCUT2D eigenvalue weighted by Gasteiger charge is 2.42. The standard InChI is InChI=1S/C20H31NO/c1-4-5-13-21-18-14-20(11-7-6-8-12-20)22-19-16(3)15(2)9-10-17(18)19/h9-10,18,21H,4-8,11-14H2,1-3H3. The van der Waals surface area contributed by atoms with E-state index in [-0.39, 0.29) is 5.60 Å². The van der Waals surface area contributed by atoms with E-state index in [0.29, 0.717) is 6.04 Å². The number of hydrogen-bond acceptors (Lipinski definition) is 2. The Morgan fingerprint density at radius 1 is 1.18 bits per heavy atom. The maximum Gasteiger partial charge on any atom is 0.128 e. The van der Waals surface area contributed by atoms with Gasteiger partial charge in [-0.25, -0.2) is 0 Å². The van der Waals surface area contributed by atoms with Gasteiger partial charge in [0, 0.05) is 18.0 Å². The Morgan fingerprint density at radius 3 is 2.68 bits per heavy atom. The molecule has 1 atom stereocenters. The zero-order chi connectivity index (χ0) is 15.6. The van der Waals surface area contributed by atoms with Crippen LogP contribution < -0.4 is 10.1 Å². The van der Waals surface area contributed by atoms with E-state index in [0.717, 1.165) is 13.0 Å². The van der Waals surface area contributed by atoms with Crippen molar-refractivity contribution in [2.75, 3.05) is 6.54 Å². The summed E-state index contributed by atoms with van der Waals surface area (Å²) in [7, 11) is 0. The third-order valence-electron chi connectivity index (χ3n) is 5.66. The van der Waals surface area contributed by atoms with E-state index in [1.165, 1.54) is 67.4 Å². The molecule has 2 aliphatic rings. The van der Waals surface area contributed by atoms with Crippen LogP contribution in [0.1, 0.15) is 81.0 Å². The van der Waals surface area contributed by atoms with Crippen LogP contribution in [0, 0.1) is 13.8 Å². The molecule has 1 heterocycles. The highest BCUT2D eigenvalue weighted by atomic mass is 16.5. The van der Waals surface area contributed by atoms with Gasteiger partial charge in [0.2, 0.25) is 0 Å². The van der Waals surface area contributed by atoms with Crippen LogP contribution in [0.25, 0.3) is 0 Å². The topological polar surface area (TPSA) is 21.3 Å². The molecule has 1 spiro atoms. The summed E-state index contributed by atoms with van der Waals surface area (Å²) < 4.78 is 6.67. The Hall–Kier alpha value is -1.02. The van der Waals surface area contributed by atoms with Crippen LogP contribution in [0.3, 0.4) is 0 Å². The van der Waals surface area contributed by atoms with Crippen molar-refractivity contribution in [2.45, 2.75) is 83.8 Å². The van der Waals surface area contributed by atoms with Crippen LogP contribution in [0.15, 0.2) is 12.1 Å². The van der Waals surface area contributed by atoms with E-state index >= 15 is 0 Å². The number of nitrogens with one attached hydrogen (secondary N) is 1. The molecule has 3 rings (SSSR count). The van der Waals surface area contributed by atoms with Crippen LogP contribution in [0.4, 0.5) is 0 Å². The Balaban J connectivity index is 1.91. The zero-order valence-corrected chi connectivity index (χ0v) is 14.5. The summed E-state index contributed by atoms with van der Waals surface area (Å²) >= 11 is 0. The van der Waals surface area contributed by atoms with Crippen molar-refractivity contribution in [3.05, 3.63) is 28.8 Å². The average Bonchev–Trinajstić information content (AvgIpc) is 2.52. The second-order valence-electron chi connectivity index (χ2n) is 7.34. The van der Waals surface area contributed by atoms with E-state index in [1.807, 2.05) is 0 Å². The van der Waals surface area contributed by atoms with Gasteiger partial charge in [-0.2, -0.15) is 0 Å². The highest BCUT2D eigenvalue weighted by Crippen LogP contribution is 2.47. The summed E-state index contributed by atoms with van der Waals surface area (Å²) in [6, 6.07) is 5.01. The van der Waals surface area contributed by atoms with Crippen LogP contribution in [0.2, 0.25) is 0 Å². The lowest BCUT2D eigenvalue weighted by Crippen LogP contribution is -2.46. The molecule has 0 aromatic heterocycles. The summed E-state index contributed by atoms with van der Waals surface area (Å²) in [4.78, 5) is 0. The van der Waals surface area contributed by atoms with Crippen LogP contribution in [-0.2, 0) is 0 Å². The fraction of sp³-hybridized carbons (Fsp3) is 0.700. The van der Waals surface area contributed by atoms with Gasteiger partial charge in [0.05, 0.1) is 0 Å². The normalized spacial score (nSPS) is 23.1. The van der Waals surface area contributed by atoms with E-state index in [2.05, 4.69) is 38.2 Å². The van der Waals surface area contributed by atoms with Crippen molar-refractivity contribution >= 4 is 0 Å². The molecule has 22 heavy (non-hydrogen) atoms. The second-order valence-corrected chi connectivity index (χ2v) is 7.34. The fourth-order valence-corrected chi connectivity index (χ4v) is 4.10. The predicted octanol–water partition coefficient (Wildman–Crippen LogP) is 5.22. The lowest BCUT2D eigenvalue weighted by molar-refractivity contribution is -0.00335. The van der Waals surface area contributed by atoms with Gasteiger partial charge in [-0.1, -0.05) is 31.9 Å². The van der Waals surface area contributed by atoms with E-state index in [4.69, 9.17) is 4.74 Å². The summed E-state index contributed by atoms with van der Waals surface area (Å²) in [5.41, 5.74) is 4.16. The smallest absolute Gasteiger partial charge is 0.128 e. The van der Waals surface area contributed by atoms with Gasteiger partial charge in [-0.15, -0.1) is 0 Å². The maximum atomic E-state index is 6.67. The quantitative estimate of drug-likeness (QED) is 0.770. The first-order chi connectivity index (χ1) is 10.7. The van der Waals surface area contributed by atoms with Gasteiger partial charge >= 0.3 is 0 Å². The molecule has 1 fully saturated rings. The van der Waals surface area contributed by atoms with E-state index in [1.54, 1.807) is 0 Å². The minimum Gasteiger partial charge on any atom is -0.487 e. The van der Waals surface area contributed by atoms with Crippen molar-refractivity contribution < 1.29 is 4.74 Å². The molecule has 1 saturated carbocycles. The first-order valence-corrected chi connectivity index (χ1v) is 9.18. The molecular formula is C20H31NO. The van der Waals surface area contributed by atoms with Crippen LogP contribution in [-0.4, -0.2) is 12.1 Å². The highest BCUT2D eigenvalue weighted by molar-refractivity contribution is 5.48. The second kappa shape index (κ2) is 6.62. The van der Waals surface area contributed by atoms with Gasteiger partial charge < -0.3 is 10.1 Å². The van der Waals surface area contributed by atoms with Crippen molar-refractivity contribution in [3.8, 4) is 5.75 Å². The molecule has 1 aromatic carbocycles. The molecule has 122 valence electrons. The summed E-state index contributed by atoms with van der Waals surface area (Å²) in [6.45, 7) is 7.79. The lowest BCUT2D eigenvalue weighted by Gasteiger charge is -2.45. The Kier molecular flexibility index (Phi) is 4.77. The van der Waals surface area contributed by atoms with Gasteiger partial charge in [0.25, 0.3) is 0 Å². The third kappa shape index (κ3) is 3.03.